The molecular formula is C5H9NO3P. The Morgan fingerprint density at radius 2 is 2.40 bits per heavy atom. The first-order chi connectivity index (χ1) is 4.62. The van der Waals surface area contributed by atoms with Gasteiger partial charge in [0.25, 0.3) is 6.26 Å². The van der Waals surface area contributed by atoms with E-state index in [0.717, 1.165) is 0 Å². The van der Waals surface area contributed by atoms with E-state index in [2.05, 4.69) is 11.4 Å². The van der Waals surface area contributed by atoms with Gasteiger partial charge in [-0.1, -0.05) is 13.3 Å². The molecule has 4 nitrogen and oxygen atoms in total. The highest BCUT2D eigenvalue weighted by molar-refractivity contribution is 7.52. The molecule has 0 aliphatic rings. The van der Waals surface area contributed by atoms with Crippen LogP contribution in [-0.4, -0.2) is 11.1 Å². The van der Waals surface area contributed by atoms with Crippen LogP contribution in [0.25, 0.3) is 0 Å². The second-order valence-corrected chi connectivity index (χ2v) is 3.66. The molecule has 0 saturated carbocycles. The molecule has 10 heavy (non-hydrogen) atoms. The van der Waals surface area contributed by atoms with E-state index in [1.807, 2.05) is 0 Å². The molecule has 5 heteroatoms. The highest BCUT2D eigenvalue weighted by Crippen LogP contribution is 2.41. The minimum absolute atomic E-state index is 0.00403. The lowest BCUT2D eigenvalue weighted by molar-refractivity contribution is 0.358. The molecule has 0 aromatic rings. The zero-order valence-corrected chi connectivity index (χ0v) is 6.38. The molecule has 57 valence electrons. The summed E-state index contributed by atoms with van der Waals surface area (Å²) in [5.74, 6) is 0. The minimum Gasteiger partial charge on any atom is -0.349 e. The topological polar surface area (TPSA) is 70.3 Å². The number of hydrogen-bond acceptors (Lipinski definition) is 3. The van der Waals surface area contributed by atoms with Crippen LogP contribution >= 0.6 is 7.60 Å². The number of nitriles is 1. The molecule has 0 spiro atoms. The second-order valence-electron chi connectivity index (χ2n) is 1.75. The van der Waals surface area contributed by atoms with Gasteiger partial charge in [0.1, 0.15) is 0 Å². The zero-order valence-electron chi connectivity index (χ0n) is 5.49. The maximum atomic E-state index is 10.7. The molecule has 0 heterocycles. The molecule has 0 amide bonds. The maximum absolute atomic E-state index is 10.7. The molecule has 0 aromatic carbocycles. The summed E-state index contributed by atoms with van der Waals surface area (Å²) in [4.78, 5) is 8.73. The van der Waals surface area contributed by atoms with Gasteiger partial charge < -0.3 is 9.42 Å². The molecule has 0 aliphatic heterocycles. The van der Waals surface area contributed by atoms with Gasteiger partial charge in [0, 0.05) is 0 Å². The van der Waals surface area contributed by atoms with Crippen LogP contribution in [0.5, 0.6) is 0 Å². The summed E-state index contributed by atoms with van der Waals surface area (Å²) >= 11 is 0. The Morgan fingerprint density at radius 3 is 2.80 bits per heavy atom. The Labute approximate surface area is 60.0 Å². The van der Waals surface area contributed by atoms with Gasteiger partial charge in [-0.25, -0.2) is 4.57 Å². The van der Waals surface area contributed by atoms with Crippen molar-refractivity contribution < 1.29 is 14.0 Å². The standard InChI is InChI=1S/C5H9NO3P/c1-2-3-4-10(7,8)9-5-6/h1-4H2,(H,7,8). The average Bonchev–Trinajstić information content (AvgIpc) is 1.84. The Kier molecular flexibility index (Phi) is 4.10. The number of nitrogens with zero attached hydrogens (tertiary/aromatic N) is 1. The zero-order chi connectivity index (χ0) is 8.04. The van der Waals surface area contributed by atoms with Crippen molar-refractivity contribution in [2.24, 2.45) is 0 Å². The summed E-state index contributed by atoms with van der Waals surface area (Å²) in [5, 5.41) is 7.88. The smallest absolute Gasteiger partial charge is 0.349 e. The van der Waals surface area contributed by atoms with E-state index >= 15 is 0 Å². The summed E-state index contributed by atoms with van der Waals surface area (Å²) in [6, 6.07) is 0. The van der Waals surface area contributed by atoms with Crippen LogP contribution in [-0.2, 0) is 9.09 Å². The van der Waals surface area contributed by atoms with Crippen LogP contribution in [0, 0.1) is 18.4 Å². The second kappa shape index (κ2) is 4.32. The third-order valence-electron chi connectivity index (χ3n) is 0.874. The number of hydrogen-bond donors (Lipinski definition) is 1. The largest absolute Gasteiger partial charge is 0.386 e. The SMILES string of the molecule is [CH2]CCCP(=O)(O)OC#N. The van der Waals surface area contributed by atoms with Gasteiger partial charge in [0.2, 0.25) is 0 Å². The monoisotopic (exact) mass is 162 g/mol. The third kappa shape index (κ3) is 4.37. The van der Waals surface area contributed by atoms with E-state index in [1.165, 1.54) is 6.26 Å². The van der Waals surface area contributed by atoms with Gasteiger partial charge in [0.15, 0.2) is 0 Å². The van der Waals surface area contributed by atoms with Crippen LogP contribution in [0.2, 0.25) is 0 Å². The summed E-state index contributed by atoms with van der Waals surface area (Å²) < 4.78 is 14.6. The predicted octanol–water partition coefficient (Wildman–Crippen LogP) is 1.28. The van der Waals surface area contributed by atoms with Gasteiger partial charge in [-0.2, -0.15) is 0 Å². The molecular weight excluding hydrogens is 153 g/mol. The molecule has 0 saturated heterocycles. The van der Waals surface area contributed by atoms with Crippen molar-refractivity contribution in [1.82, 2.24) is 0 Å². The summed E-state index contributed by atoms with van der Waals surface area (Å²) in [6.07, 6.45) is 2.25. The van der Waals surface area contributed by atoms with Crippen LogP contribution in [0.15, 0.2) is 0 Å². The van der Waals surface area contributed by atoms with E-state index in [4.69, 9.17) is 10.2 Å². The molecule has 1 radical (unpaired) electrons. The van der Waals surface area contributed by atoms with E-state index < -0.39 is 7.60 Å². The van der Waals surface area contributed by atoms with E-state index in [-0.39, 0.29) is 6.16 Å². The Morgan fingerprint density at radius 1 is 1.80 bits per heavy atom. The lowest BCUT2D eigenvalue weighted by atomic mass is 10.4. The van der Waals surface area contributed by atoms with Crippen molar-refractivity contribution in [3.8, 4) is 6.26 Å². The fraction of sp³-hybridized carbons (Fsp3) is 0.600. The molecule has 0 rings (SSSR count). The summed E-state index contributed by atoms with van der Waals surface area (Å²) in [7, 11) is -3.61. The average molecular weight is 162 g/mol. The first-order valence-corrected chi connectivity index (χ1v) is 4.57. The maximum Gasteiger partial charge on any atom is 0.386 e. The van der Waals surface area contributed by atoms with Crippen molar-refractivity contribution in [2.75, 3.05) is 6.16 Å². The van der Waals surface area contributed by atoms with E-state index in [9.17, 15) is 4.57 Å². The van der Waals surface area contributed by atoms with Gasteiger partial charge >= 0.3 is 7.60 Å². The van der Waals surface area contributed by atoms with E-state index in [1.54, 1.807) is 0 Å². The Balaban J connectivity index is 3.67. The van der Waals surface area contributed by atoms with Crippen molar-refractivity contribution >= 4 is 7.60 Å². The van der Waals surface area contributed by atoms with Crippen LogP contribution < -0.4 is 0 Å². The van der Waals surface area contributed by atoms with Crippen molar-refractivity contribution in [3.05, 3.63) is 6.92 Å². The molecule has 0 bridgehead atoms. The predicted molar refractivity (Wildman–Crippen MR) is 36.0 cm³/mol. The van der Waals surface area contributed by atoms with Crippen LogP contribution in [0.3, 0.4) is 0 Å². The fourth-order valence-electron chi connectivity index (χ4n) is 0.421. The quantitative estimate of drug-likeness (QED) is 0.499. The Bertz CT molecular complexity index is 174. The first kappa shape index (κ1) is 9.48. The first-order valence-electron chi connectivity index (χ1n) is 2.81. The fourth-order valence-corrected chi connectivity index (χ4v) is 1.26. The number of rotatable bonds is 4. The summed E-state index contributed by atoms with van der Waals surface area (Å²) in [5.41, 5.74) is 0. The van der Waals surface area contributed by atoms with Crippen LogP contribution in [0.1, 0.15) is 12.8 Å². The Hall–Kier alpha value is -0.520. The third-order valence-corrected chi connectivity index (χ3v) is 2.12. The molecule has 0 fully saturated rings. The highest BCUT2D eigenvalue weighted by atomic mass is 31.2. The van der Waals surface area contributed by atoms with Crippen LogP contribution in [0.4, 0.5) is 0 Å². The lowest BCUT2D eigenvalue weighted by Crippen LogP contribution is -1.89. The van der Waals surface area contributed by atoms with Gasteiger partial charge in [-0.15, -0.1) is 5.26 Å². The molecule has 0 aliphatic carbocycles. The van der Waals surface area contributed by atoms with Crippen molar-refractivity contribution in [2.45, 2.75) is 12.8 Å². The van der Waals surface area contributed by atoms with Gasteiger partial charge in [-0.05, 0) is 6.42 Å². The number of unbranched alkanes of at least 4 members (excludes halogenated alkanes) is 1. The highest BCUT2D eigenvalue weighted by Gasteiger charge is 2.18. The molecule has 1 N–H and O–H groups in total. The molecule has 1 atom stereocenters. The van der Waals surface area contributed by atoms with Gasteiger partial charge in [0.05, 0.1) is 6.16 Å². The van der Waals surface area contributed by atoms with Crippen molar-refractivity contribution in [1.29, 1.82) is 5.26 Å². The normalized spacial score (nSPS) is 15.3. The summed E-state index contributed by atoms with van der Waals surface area (Å²) in [6.45, 7) is 3.48. The van der Waals surface area contributed by atoms with E-state index in [0.29, 0.717) is 12.8 Å². The lowest BCUT2D eigenvalue weighted by Gasteiger charge is -2.04. The molecule has 0 aromatic heterocycles. The minimum atomic E-state index is -3.61. The van der Waals surface area contributed by atoms with Gasteiger partial charge in [-0.3, -0.25) is 0 Å². The molecule has 1 unspecified atom stereocenters. The van der Waals surface area contributed by atoms with Crippen molar-refractivity contribution in [3.63, 3.8) is 0 Å².